The molecule has 1 atom stereocenters. The maximum absolute atomic E-state index is 13.6. The maximum atomic E-state index is 13.6. The number of halogens is 1. The van der Waals surface area contributed by atoms with Gasteiger partial charge in [0.1, 0.15) is 5.82 Å². The van der Waals surface area contributed by atoms with Crippen molar-refractivity contribution in [1.82, 2.24) is 0 Å². The van der Waals surface area contributed by atoms with Crippen LogP contribution in [0, 0.1) is 5.82 Å². The molecule has 0 radical (unpaired) electrons. The topological polar surface area (TPSA) is 37.3 Å². The van der Waals surface area contributed by atoms with Gasteiger partial charge < -0.3 is 5.11 Å². The van der Waals surface area contributed by atoms with Gasteiger partial charge in [0.15, 0.2) is 0 Å². The Morgan fingerprint density at radius 2 is 1.91 bits per heavy atom. The third kappa shape index (κ3) is 2.67. The lowest BCUT2D eigenvalue weighted by molar-refractivity contribution is -0.135. The second kappa shape index (κ2) is 5.76. The van der Waals surface area contributed by atoms with Gasteiger partial charge in [-0.1, -0.05) is 42.0 Å². The van der Waals surface area contributed by atoms with E-state index in [-0.39, 0.29) is 18.2 Å². The lowest BCUT2D eigenvalue weighted by Gasteiger charge is -2.14. The maximum Gasteiger partial charge on any atom is 0.307 e. The number of fused-ring (bicyclic) bond motifs is 1. The first-order chi connectivity index (χ1) is 10.6. The van der Waals surface area contributed by atoms with Crippen LogP contribution in [0.2, 0.25) is 0 Å². The summed E-state index contributed by atoms with van der Waals surface area (Å²) in [6.07, 6.45) is 0.738. The van der Waals surface area contributed by atoms with Crippen LogP contribution in [0.4, 0.5) is 4.39 Å². The van der Waals surface area contributed by atoms with Crippen molar-refractivity contribution in [3.8, 4) is 0 Å². The normalized spacial score (nSPS) is 16.7. The highest BCUT2D eigenvalue weighted by molar-refractivity contribution is 5.89. The smallest absolute Gasteiger partial charge is 0.307 e. The van der Waals surface area contributed by atoms with Crippen molar-refractivity contribution in [2.45, 2.75) is 25.7 Å². The molecule has 0 heterocycles. The summed E-state index contributed by atoms with van der Waals surface area (Å²) < 4.78 is 13.6. The van der Waals surface area contributed by atoms with Crippen molar-refractivity contribution in [1.29, 1.82) is 0 Å². The Hall–Kier alpha value is -2.42. The number of aliphatic carboxylic acids is 1. The van der Waals surface area contributed by atoms with Crippen LogP contribution in [-0.2, 0) is 11.2 Å². The first kappa shape index (κ1) is 14.5. The minimum Gasteiger partial charge on any atom is -0.481 e. The minimum absolute atomic E-state index is 0.0619. The Labute approximate surface area is 128 Å². The first-order valence-electron chi connectivity index (χ1n) is 7.31. The molecule has 0 saturated heterocycles. The van der Waals surface area contributed by atoms with Crippen molar-refractivity contribution >= 4 is 11.5 Å². The largest absolute Gasteiger partial charge is 0.481 e. The second-order valence-electron chi connectivity index (χ2n) is 5.71. The van der Waals surface area contributed by atoms with Gasteiger partial charge in [-0.2, -0.15) is 0 Å². The molecule has 0 aromatic heterocycles. The number of rotatable bonds is 4. The van der Waals surface area contributed by atoms with Crippen LogP contribution >= 0.6 is 0 Å². The zero-order chi connectivity index (χ0) is 15.7. The molecule has 1 unspecified atom stereocenters. The summed E-state index contributed by atoms with van der Waals surface area (Å²) in [6, 6.07) is 14.8. The molecule has 0 fully saturated rings. The Morgan fingerprint density at radius 3 is 2.59 bits per heavy atom. The average molecular weight is 296 g/mol. The van der Waals surface area contributed by atoms with Gasteiger partial charge in [-0.25, -0.2) is 4.39 Å². The highest BCUT2D eigenvalue weighted by atomic mass is 19.1. The van der Waals surface area contributed by atoms with Crippen LogP contribution in [0.1, 0.15) is 36.0 Å². The predicted octanol–water partition coefficient (Wildman–Crippen LogP) is 4.41. The van der Waals surface area contributed by atoms with Gasteiger partial charge in [-0.15, -0.1) is 0 Å². The lowest BCUT2D eigenvalue weighted by atomic mass is 9.90. The van der Waals surface area contributed by atoms with Gasteiger partial charge in [-0.05, 0) is 47.7 Å². The molecular formula is C19H17FO2. The van der Waals surface area contributed by atoms with Crippen molar-refractivity contribution in [3.63, 3.8) is 0 Å². The van der Waals surface area contributed by atoms with Gasteiger partial charge in [-0.3, -0.25) is 4.79 Å². The van der Waals surface area contributed by atoms with Gasteiger partial charge in [0, 0.05) is 5.92 Å². The zero-order valence-electron chi connectivity index (χ0n) is 12.3. The molecule has 22 heavy (non-hydrogen) atoms. The van der Waals surface area contributed by atoms with E-state index in [4.69, 9.17) is 5.11 Å². The van der Waals surface area contributed by atoms with Crippen LogP contribution in [0.5, 0.6) is 0 Å². The van der Waals surface area contributed by atoms with Gasteiger partial charge in [0.25, 0.3) is 0 Å². The fraction of sp³-hybridized carbons (Fsp3) is 0.211. The van der Waals surface area contributed by atoms with E-state index in [0.29, 0.717) is 0 Å². The van der Waals surface area contributed by atoms with E-state index >= 15 is 0 Å². The molecule has 2 aromatic carbocycles. The fourth-order valence-corrected chi connectivity index (χ4v) is 3.25. The number of hydrogen-bond acceptors (Lipinski definition) is 1. The van der Waals surface area contributed by atoms with Crippen LogP contribution in [0.15, 0.2) is 54.1 Å². The molecule has 0 amide bonds. The third-order valence-corrected chi connectivity index (χ3v) is 4.33. The van der Waals surface area contributed by atoms with E-state index in [1.807, 2.05) is 25.1 Å². The number of allylic oxidation sites excluding steroid dienone is 1. The number of carboxylic acids is 1. The molecule has 2 aromatic rings. The quantitative estimate of drug-likeness (QED) is 0.907. The van der Waals surface area contributed by atoms with E-state index in [2.05, 4.69) is 12.1 Å². The van der Waals surface area contributed by atoms with E-state index in [0.717, 1.165) is 28.7 Å². The molecule has 0 aliphatic heterocycles. The molecule has 1 aliphatic carbocycles. The minimum atomic E-state index is -0.884. The molecule has 1 aliphatic rings. The van der Waals surface area contributed by atoms with E-state index in [1.165, 1.54) is 17.7 Å². The molecule has 1 N–H and O–H groups in total. The van der Waals surface area contributed by atoms with Crippen molar-refractivity contribution in [3.05, 3.63) is 76.6 Å². The Morgan fingerprint density at radius 1 is 1.18 bits per heavy atom. The van der Waals surface area contributed by atoms with Gasteiger partial charge in [0.2, 0.25) is 0 Å². The zero-order valence-corrected chi connectivity index (χ0v) is 12.3. The lowest BCUT2D eigenvalue weighted by Crippen LogP contribution is -2.02. The van der Waals surface area contributed by atoms with E-state index < -0.39 is 5.97 Å². The number of carbonyl (C=O) groups is 1. The molecular weight excluding hydrogens is 279 g/mol. The van der Waals surface area contributed by atoms with Crippen molar-refractivity contribution < 1.29 is 14.3 Å². The van der Waals surface area contributed by atoms with Crippen LogP contribution < -0.4 is 0 Å². The summed E-state index contributed by atoms with van der Waals surface area (Å²) >= 11 is 0. The highest BCUT2D eigenvalue weighted by Crippen LogP contribution is 2.44. The van der Waals surface area contributed by atoms with E-state index in [9.17, 15) is 9.18 Å². The van der Waals surface area contributed by atoms with Gasteiger partial charge in [0.05, 0.1) is 6.42 Å². The highest BCUT2D eigenvalue weighted by Gasteiger charge is 2.30. The summed E-state index contributed by atoms with van der Waals surface area (Å²) in [5, 5.41) is 9.13. The summed E-state index contributed by atoms with van der Waals surface area (Å²) in [7, 11) is 0. The van der Waals surface area contributed by atoms with Gasteiger partial charge >= 0.3 is 5.97 Å². The first-order valence-corrected chi connectivity index (χ1v) is 7.31. The SMILES string of the molecule is CC1=C(CC(=O)O)c2cc(F)ccc2C1Cc1ccccc1. The summed E-state index contributed by atoms with van der Waals surface area (Å²) in [5.74, 6) is -1.09. The monoisotopic (exact) mass is 296 g/mol. The number of benzene rings is 2. The standard InChI is InChI=1S/C19H17FO2/c1-12-16(9-13-5-3-2-4-6-13)15-8-7-14(20)10-18(15)17(12)11-19(21)22/h2-8,10,16H,9,11H2,1H3,(H,21,22). The molecule has 0 saturated carbocycles. The molecule has 0 spiro atoms. The molecule has 3 rings (SSSR count). The van der Waals surface area contributed by atoms with Crippen LogP contribution in [-0.4, -0.2) is 11.1 Å². The third-order valence-electron chi connectivity index (χ3n) is 4.33. The molecule has 0 bridgehead atoms. The number of carboxylic acid groups (broad SMARTS) is 1. The Bertz CT molecular complexity index is 747. The summed E-state index contributed by atoms with van der Waals surface area (Å²) in [4.78, 5) is 11.1. The Kier molecular flexibility index (Phi) is 3.80. The van der Waals surface area contributed by atoms with Crippen molar-refractivity contribution in [2.24, 2.45) is 0 Å². The predicted molar refractivity (Wildman–Crippen MR) is 84.1 cm³/mol. The summed E-state index contributed by atoms with van der Waals surface area (Å²) in [6.45, 7) is 1.96. The molecule has 2 nitrogen and oxygen atoms in total. The summed E-state index contributed by atoms with van der Waals surface area (Å²) in [5.41, 5.74) is 4.76. The fourth-order valence-electron chi connectivity index (χ4n) is 3.25. The Balaban J connectivity index is 2.03. The molecule has 3 heteroatoms. The average Bonchev–Trinajstić information content (AvgIpc) is 2.73. The van der Waals surface area contributed by atoms with E-state index in [1.54, 1.807) is 6.07 Å². The van der Waals surface area contributed by atoms with Crippen LogP contribution in [0.25, 0.3) is 5.57 Å². The number of hydrogen-bond donors (Lipinski definition) is 1. The second-order valence-corrected chi connectivity index (χ2v) is 5.71. The van der Waals surface area contributed by atoms with Crippen molar-refractivity contribution in [2.75, 3.05) is 0 Å². The molecule has 112 valence electrons. The van der Waals surface area contributed by atoms with Crippen LogP contribution in [0.3, 0.4) is 0 Å².